The van der Waals surface area contributed by atoms with Crippen LogP contribution in [0.5, 0.6) is 5.75 Å². The lowest BCUT2D eigenvalue weighted by Crippen LogP contribution is -1.95. The molecule has 3 aromatic rings. The second-order valence-corrected chi connectivity index (χ2v) is 5.36. The Morgan fingerprint density at radius 2 is 2.00 bits per heavy atom. The van der Waals surface area contributed by atoms with Gasteiger partial charge in [-0.25, -0.2) is 0 Å². The Balaban J connectivity index is 1.71. The van der Waals surface area contributed by atoms with Crippen molar-refractivity contribution in [3.63, 3.8) is 0 Å². The molecule has 0 aliphatic heterocycles. The van der Waals surface area contributed by atoms with E-state index in [9.17, 15) is 0 Å². The lowest BCUT2D eigenvalue weighted by Gasteiger charge is -2.02. The number of ether oxygens (including phenoxy) is 1. The first kappa shape index (κ1) is 14.3. The Labute approximate surface area is 135 Å². The highest BCUT2D eigenvalue weighted by Gasteiger charge is 2.09. The Kier molecular flexibility index (Phi) is 4.17. The van der Waals surface area contributed by atoms with Crippen molar-refractivity contribution in [3.05, 3.63) is 64.5 Å². The van der Waals surface area contributed by atoms with Crippen LogP contribution in [-0.2, 0) is 6.61 Å². The first-order chi connectivity index (χ1) is 10.7. The maximum Gasteiger partial charge on any atom is 0.254 e. The number of benzene rings is 2. The van der Waals surface area contributed by atoms with Crippen LogP contribution >= 0.6 is 15.9 Å². The van der Waals surface area contributed by atoms with Gasteiger partial charge >= 0.3 is 0 Å². The van der Waals surface area contributed by atoms with Crippen molar-refractivity contribution < 1.29 is 9.15 Å². The van der Waals surface area contributed by atoms with Gasteiger partial charge < -0.3 is 9.15 Å². The van der Waals surface area contributed by atoms with E-state index in [0.29, 0.717) is 23.1 Å². The monoisotopic (exact) mass is 355 g/mol. The number of rotatable bonds is 4. The predicted molar refractivity (Wildman–Crippen MR) is 82.9 cm³/mol. The van der Waals surface area contributed by atoms with Crippen LogP contribution in [0, 0.1) is 11.3 Å². The molecule has 0 fully saturated rings. The molecule has 0 aliphatic rings. The minimum Gasteiger partial charge on any atom is -0.484 e. The minimum atomic E-state index is 0.149. The zero-order valence-electron chi connectivity index (χ0n) is 11.4. The van der Waals surface area contributed by atoms with E-state index in [0.717, 1.165) is 10.0 Å². The molecule has 0 spiro atoms. The van der Waals surface area contributed by atoms with Crippen molar-refractivity contribution in [3.8, 4) is 23.3 Å². The molecule has 6 heteroatoms. The topological polar surface area (TPSA) is 71.9 Å². The van der Waals surface area contributed by atoms with Gasteiger partial charge in [-0.3, -0.25) is 0 Å². The molecule has 1 aromatic heterocycles. The minimum absolute atomic E-state index is 0.149. The fourth-order valence-corrected chi connectivity index (χ4v) is 2.25. The molecular formula is C16H10BrN3O2. The fourth-order valence-electron chi connectivity index (χ4n) is 1.85. The molecule has 0 saturated carbocycles. The van der Waals surface area contributed by atoms with Gasteiger partial charge in [-0.15, -0.1) is 10.2 Å². The Morgan fingerprint density at radius 3 is 2.82 bits per heavy atom. The van der Waals surface area contributed by atoms with Crippen molar-refractivity contribution in [2.75, 3.05) is 0 Å². The largest absolute Gasteiger partial charge is 0.484 e. The third kappa shape index (κ3) is 3.32. The van der Waals surface area contributed by atoms with Crippen molar-refractivity contribution in [1.82, 2.24) is 10.2 Å². The zero-order valence-corrected chi connectivity index (χ0v) is 12.9. The van der Waals surface area contributed by atoms with Gasteiger partial charge in [0, 0.05) is 10.0 Å². The van der Waals surface area contributed by atoms with E-state index in [2.05, 4.69) is 32.2 Å². The van der Waals surface area contributed by atoms with E-state index in [1.54, 1.807) is 24.3 Å². The fraction of sp³-hybridized carbons (Fsp3) is 0.0625. The van der Waals surface area contributed by atoms with E-state index >= 15 is 0 Å². The highest BCUT2D eigenvalue weighted by Crippen LogP contribution is 2.22. The Bertz CT molecular complexity index is 839. The highest BCUT2D eigenvalue weighted by molar-refractivity contribution is 9.10. The van der Waals surface area contributed by atoms with E-state index in [1.165, 1.54) is 0 Å². The van der Waals surface area contributed by atoms with Gasteiger partial charge in [0.25, 0.3) is 5.89 Å². The summed E-state index contributed by atoms with van der Waals surface area (Å²) in [6.07, 6.45) is 0. The van der Waals surface area contributed by atoms with Crippen molar-refractivity contribution >= 4 is 15.9 Å². The maximum absolute atomic E-state index is 8.85. The van der Waals surface area contributed by atoms with E-state index in [4.69, 9.17) is 14.4 Å². The number of hydrogen-bond acceptors (Lipinski definition) is 5. The summed E-state index contributed by atoms with van der Waals surface area (Å²) in [7, 11) is 0. The van der Waals surface area contributed by atoms with Crippen molar-refractivity contribution in [2.45, 2.75) is 6.61 Å². The van der Waals surface area contributed by atoms with Gasteiger partial charge in [0.05, 0.1) is 11.6 Å². The smallest absolute Gasteiger partial charge is 0.254 e. The molecule has 0 unspecified atom stereocenters. The number of aromatic nitrogens is 2. The first-order valence-corrected chi connectivity index (χ1v) is 7.25. The summed E-state index contributed by atoms with van der Waals surface area (Å²) in [5.74, 6) is 1.39. The normalized spacial score (nSPS) is 10.2. The average Bonchev–Trinajstić information content (AvgIpc) is 3.02. The SMILES string of the molecule is N#Cc1cccc(OCc2nnc(-c3cccc(Br)c3)o2)c1. The maximum atomic E-state index is 8.85. The summed E-state index contributed by atoms with van der Waals surface area (Å²) < 4.78 is 12.1. The van der Waals surface area contributed by atoms with Crippen LogP contribution in [-0.4, -0.2) is 10.2 Å². The molecule has 2 aromatic carbocycles. The molecule has 0 bridgehead atoms. The molecule has 0 aliphatic carbocycles. The van der Waals surface area contributed by atoms with Crippen LogP contribution in [0.25, 0.3) is 11.5 Å². The summed E-state index contributed by atoms with van der Waals surface area (Å²) in [6, 6.07) is 16.6. The number of nitrogens with zero attached hydrogens (tertiary/aromatic N) is 3. The number of hydrogen-bond donors (Lipinski definition) is 0. The average molecular weight is 356 g/mol. The van der Waals surface area contributed by atoms with Gasteiger partial charge in [-0.05, 0) is 36.4 Å². The van der Waals surface area contributed by atoms with Gasteiger partial charge in [0.15, 0.2) is 6.61 Å². The zero-order chi connectivity index (χ0) is 15.4. The number of nitriles is 1. The summed E-state index contributed by atoms with van der Waals surface area (Å²) in [5.41, 5.74) is 1.37. The van der Waals surface area contributed by atoms with E-state index < -0.39 is 0 Å². The molecule has 5 nitrogen and oxygen atoms in total. The lowest BCUT2D eigenvalue weighted by atomic mass is 10.2. The quantitative estimate of drug-likeness (QED) is 0.708. The van der Waals surface area contributed by atoms with Crippen LogP contribution in [0.4, 0.5) is 0 Å². The molecule has 1 heterocycles. The van der Waals surface area contributed by atoms with Gasteiger partial charge in [-0.1, -0.05) is 28.1 Å². The van der Waals surface area contributed by atoms with Crippen LogP contribution in [0.15, 0.2) is 57.4 Å². The molecule has 22 heavy (non-hydrogen) atoms. The van der Waals surface area contributed by atoms with Gasteiger partial charge in [0.2, 0.25) is 5.89 Å². The van der Waals surface area contributed by atoms with Gasteiger partial charge in [0.1, 0.15) is 5.75 Å². The molecule has 0 N–H and O–H groups in total. The van der Waals surface area contributed by atoms with Crippen molar-refractivity contribution in [2.24, 2.45) is 0 Å². The standard InChI is InChI=1S/C16H10BrN3O2/c17-13-5-2-4-12(8-13)16-20-19-15(22-16)10-21-14-6-1-3-11(7-14)9-18/h1-8H,10H2. The molecule has 0 radical (unpaired) electrons. The second-order valence-electron chi connectivity index (χ2n) is 4.44. The third-order valence-corrected chi connectivity index (χ3v) is 3.36. The van der Waals surface area contributed by atoms with Crippen molar-refractivity contribution in [1.29, 1.82) is 5.26 Å². The molecule has 3 rings (SSSR count). The van der Waals surface area contributed by atoms with E-state index in [1.807, 2.05) is 24.3 Å². The summed E-state index contributed by atoms with van der Waals surface area (Å²) >= 11 is 3.40. The molecule has 108 valence electrons. The predicted octanol–water partition coefficient (Wildman–Crippen LogP) is 3.95. The summed E-state index contributed by atoms with van der Waals surface area (Å²) in [6.45, 7) is 0.149. The molecule has 0 amide bonds. The third-order valence-electron chi connectivity index (χ3n) is 2.86. The summed E-state index contributed by atoms with van der Waals surface area (Å²) in [4.78, 5) is 0. The van der Waals surface area contributed by atoms with E-state index in [-0.39, 0.29) is 6.61 Å². The Hall–Kier alpha value is -2.65. The molecule has 0 atom stereocenters. The molecule has 0 saturated heterocycles. The lowest BCUT2D eigenvalue weighted by molar-refractivity contribution is 0.264. The number of halogens is 1. The highest BCUT2D eigenvalue weighted by atomic mass is 79.9. The van der Waals surface area contributed by atoms with Crippen LogP contribution in [0.3, 0.4) is 0 Å². The van der Waals surface area contributed by atoms with Crippen LogP contribution in [0.2, 0.25) is 0 Å². The summed E-state index contributed by atoms with van der Waals surface area (Å²) in [5, 5.41) is 16.8. The van der Waals surface area contributed by atoms with Crippen LogP contribution < -0.4 is 4.74 Å². The first-order valence-electron chi connectivity index (χ1n) is 6.46. The van der Waals surface area contributed by atoms with Crippen LogP contribution in [0.1, 0.15) is 11.5 Å². The van der Waals surface area contributed by atoms with Gasteiger partial charge in [-0.2, -0.15) is 5.26 Å². The molecular weight excluding hydrogens is 346 g/mol. The second kappa shape index (κ2) is 6.41. The Morgan fingerprint density at radius 1 is 1.14 bits per heavy atom.